The first kappa shape index (κ1) is 23.6. The van der Waals surface area contributed by atoms with Crippen molar-refractivity contribution in [1.29, 1.82) is 0 Å². The molecule has 0 saturated carbocycles. The summed E-state index contributed by atoms with van der Waals surface area (Å²) in [7, 11) is -3.74. The van der Waals surface area contributed by atoms with Crippen LogP contribution >= 0.6 is 11.6 Å². The number of anilines is 1. The zero-order valence-electron chi connectivity index (χ0n) is 18.9. The summed E-state index contributed by atoms with van der Waals surface area (Å²) in [5.41, 5.74) is 2.35. The number of sulfonamides is 1. The molecule has 0 spiro atoms. The summed E-state index contributed by atoms with van der Waals surface area (Å²) >= 11 is 6.18. The zero-order chi connectivity index (χ0) is 22.6. The first-order valence-electron chi connectivity index (χ1n) is 11.8. The Hall–Kier alpha value is -1.60. The number of benzene rings is 2. The molecule has 1 N–H and O–H groups in total. The van der Waals surface area contributed by atoms with E-state index < -0.39 is 10.0 Å². The third-order valence-electron chi connectivity index (χ3n) is 6.79. The van der Waals surface area contributed by atoms with Crippen molar-refractivity contribution in [2.24, 2.45) is 0 Å². The third kappa shape index (κ3) is 5.84. The van der Waals surface area contributed by atoms with E-state index in [1.54, 1.807) is 31.2 Å². The van der Waals surface area contributed by atoms with Gasteiger partial charge in [0, 0.05) is 18.3 Å². The molecular weight excluding hydrogens is 442 g/mol. The fraction of sp³-hybridized carbons (Fsp3) is 0.520. The fourth-order valence-electron chi connectivity index (χ4n) is 5.03. The van der Waals surface area contributed by atoms with Gasteiger partial charge < -0.3 is 9.80 Å². The Kier molecular flexibility index (Phi) is 7.77. The Morgan fingerprint density at radius 1 is 1.00 bits per heavy atom. The Balaban J connectivity index is 1.32. The van der Waals surface area contributed by atoms with Crippen LogP contribution in [0.15, 0.2) is 47.4 Å². The second kappa shape index (κ2) is 10.6. The van der Waals surface area contributed by atoms with Crippen LogP contribution in [-0.2, 0) is 16.4 Å². The topological polar surface area (TPSA) is 52.7 Å². The Morgan fingerprint density at radius 3 is 2.44 bits per heavy atom. The monoisotopic (exact) mass is 475 g/mol. The summed E-state index contributed by atoms with van der Waals surface area (Å²) in [5.74, 6) is 0. The number of hydrogen-bond donors (Lipinski definition) is 1. The third-order valence-corrected chi connectivity index (χ3v) is 8.80. The SMILES string of the molecule is Cc1cccc(Cl)c1S(=O)(=O)Nc1cccc(CCN2CCC(N3CCCCC3)CC2)c1. The van der Waals surface area contributed by atoms with E-state index in [0.717, 1.165) is 37.7 Å². The summed E-state index contributed by atoms with van der Waals surface area (Å²) in [6, 6.07) is 13.6. The largest absolute Gasteiger partial charge is 0.303 e. The van der Waals surface area contributed by atoms with Crippen LogP contribution in [0.2, 0.25) is 5.02 Å². The van der Waals surface area contributed by atoms with Gasteiger partial charge in [-0.2, -0.15) is 0 Å². The molecule has 2 fully saturated rings. The van der Waals surface area contributed by atoms with Gasteiger partial charge in [-0.25, -0.2) is 8.42 Å². The lowest BCUT2D eigenvalue weighted by Gasteiger charge is -2.40. The van der Waals surface area contributed by atoms with Gasteiger partial charge in [0.05, 0.1) is 5.02 Å². The van der Waals surface area contributed by atoms with Gasteiger partial charge >= 0.3 is 0 Å². The minimum absolute atomic E-state index is 0.142. The number of aryl methyl sites for hydroxylation is 1. The molecule has 4 rings (SSSR count). The highest BCUT2D eigenvalue weighted by atomic mass is 35.5. The predicted molar refractivity (Wildman–Crippen MR) is 132 cm³/mol. The molecule has 5 nitrogen and oxygen atoms in total. The molecule has 0 amide bonds. The van der Waals surface area contributed by atoms with Gasteiger partial charge in [0.25, 0.3) is 10.0 Å². The molecule has 0 bridgehead atoms. The molecule has 2 aliphatic heterocycles. The van der Waals surface area contributed by atoms with E-state index in [2.05, 4.69) is 20.6 Å². The molecule has 32 heavy (non-hydrogen) atoms. The van der Waals surface area contributed by atoms with Crippen LogP contribution in [0, 0.1) is 6.92 Å². The highest BCUT2D eigenvalue weighted by Gasteiger charge is 2.25. The van der Waals surface area contributed by atoms with Crippen molar-refractivity contribution in [3.63, 3.8) is 0 Å². The van der Waals surface area contributed by atoms with Crippen molar-refractivity contribution >= 4 is 27.3 Å². The molecule has 174 valence electrons. The summed E-state index contributed by atoms with van der Waals surface area (Å²) < 4.78 is 28.5. The highest BCUT2D eigenvalue weighted by molar-refractivity contribution is 7.92. The van der Waals surface area contributed by atoms with Crippen molar-refractivity contribution in [1.82, 2.24) is 9.80 Å². The van der Waals surface area contributed by atoms with E-state index in [1.807, 2.05) is 12.1 Å². The lowest BCUT2D eigenvalue weighted by Crippen LogP contribution is -2.47. The van der Waals surface area contributed by atoms with Crippen LogP contribution in [0.25, 0.3) is 0 Å². The number of likely N-dealkylation sites (tertiary alicyclic amines) is 2. The molecule has 2 saturated heterocycles. The molecule has 2 heterocycles. The van der Waals surface area contributed by atoms with E-state index in [1.165, 1.54) is 45.2 Å². The molecule has 0 aliphatic carbocycles. The van der Waals surface area contributed by atoms with Gasteiger partial charge in [0.1, 0.15) is 4.90 Å². The maximum Gasteiger partial charge on any atom is 0.263 e. The van der Waals surface area contributed by atoms with Crippen LogP contribution in [-0.4, -0.2) is 57.0 Å². The first-order chi connectivity index (χ1) is 15.4. The Morgan fingerprint density at radius 2 is 1.72 bits per heavy atom. The van der Waals surface area contributed by atoms with Gasteiger partial charge in [-0.3, -0.25) is 4.72 Å². The molecule has 2 aromatic carbocycles. The average Bonchev–Trinajstić information content (AvgIpc) is 2.78. The lowest BCUT2D eigenvalue weighted by atomic mass is 9.99. The van der Waals surface area contributed by atoms with Gasteiger partial charge in [0.15, 0.2) is 0 Å². The molecule has 0 aromatic heterocycles. The molecule has 0 radical (unpaired) electrons. The molecule has 0 unspecified atom stereocenters. The van der Waals surface area contributed by atoms with E-state index in [-0.39, 0.29) is 9.92 Å². The number of rotatable bonds is 7. The minimum Gasteiger partial charge on any atom is -0.303 e. The molecule has 2 aliphatic rings. The van der Waals surface area contributed by atoms with Crippen molar-refractivity contribution in [3.8, 4) is 0 Å². The highest BCUT2D eigenvalue weighted by Crippen LogP contribution is 2.27. The summed E-state index contributed by atoms with van der Waals surface area (Å²) in [5, 5.41) is 0.238. The van der Waals surface area contributed by atoms with Crippen molar-refractivity contribution in [2.45, 2.75) is 56.4 Å². The molecule has 0 atom stereocenters. The number of hydrogen-bond acceptors (Lipinski definition) is 4. The van der Waals surface area contributed by atoms with Crippen LogP contribution in [0.1, 0.15) is 43.2 Å². The molecule has 2 aromatic rings. The summed E-state index contributed by atoms with van der Waals surface area (Å²) in [4.78, 5) is 5.39. The van der Waals surface area contributed by atoms with Crippen molar-refractivity contribution in [2.75, 3.05) is 37.4 Å². The predicted octanol–water partition coefficient (Wildman–Crippen LogP) is 4.94. The standard InChI is InChI=1S/C25H34ClN3O2S/c1-20-7-5-10-24(26)25(20)32(30,31)27-22-9-6-8-21(19-22)11-16-28-17-12-23(13-18-28)29-14-3-2-4-15-29/h5-10,19,23,27H,2-4,11-18H2,1H3. The van der Waals surface area contributed by atoms with Crippen LogP contribution in [0.3, 0.4) is 0 Å². The van der Waals surface area contributed by atoms with E-state index >= 15 is 0 Å². The average molecular weight is 476 g/mol. The van der Waals surface area contributed by atoms with Gasteiger partial charge in [-0.05, 0) is 94.5 Å². The number of nitrogens with zero attached hydrogens (tertiary/aromatic N) is 2. The number of piperidine rings is 2. The summed E-state index contributed by atoms with van der Waals surface area (Å²) in [6.45, 7) is 7.62. The smallest absolute Gasteiger partial charge is 0.263 e. The molecular formula is C25H34ClN3O2S. The van der Waals surface area contributed by atoms with Gasteiger partial charge in [-0.15, -0.1) is 0 Å². The second-order valence-corrected chi connectivity index (χ2v) is 11.1. The van der Waals surface area contributed by atoms with Crippen LogP contribution in [0.4, 0.5) is 5.69 Å². The maximum atomic E-state index is 12.9. The lowest BCUT2D eigenvalue weighted by molar-refractivity contribution is 0.0931. The van der Waals surface area contributed by atoms with E-state index in [4.69, 9.17) is 11.6 Å². The van der Waals surface area contributed by atoms with Crippen molar-refractivity contribution < 1.29 is 8.42 Å². The summed E-state index contributed by atoms with van der Waals surface area (Å²) in [6.07, 6.45) is 7.54. The quantitative estimate of drug-likeness (QED) is 0.616. The van der Waals surface area contributed by atoms with E-state index in [0.29, 0.717) is 11.3 Å². The second-order valence-electron chi connectivity index (χ2n) is 9.11. The van der Waals surface area contributed by atoms with Gasteiger partial charge in [-0.1, -0.05) is 42.3 Å². The zero-order valence-corrected chi connectivity index (χ0v) is 20.5. The number of halogens is 1. The Labute approximate surface area is 197 Å². The van der Waals surface area contributed by atoms with Crippen molar-refractivity contribution in [3.05, 3.63) is 58.6 Å². The normalized spacial score (nSPS) is 19.2. The van der Waals surface area contributed by atoms with Crippen LogP contribution < -0.4 is 4.72 Å². The first-order valence-corrected chi connectivity index (χ1v) is 13.6. The van der Waals surface area contributed by atoms with E-state index in [9.17, 15) is 8.42 Å². The maximum absolute atomic E-state index is 12.9. The fourth-order valence-corrected chi connectivity index (χ4v) is 6.91. The Bertz CT molecular complexity index is 993. The van der Waals surface area contributed by atoms with Gasteiger partial charge in [0.2, 0.25) is 0 Å². The molecule has 7 heteroatoms. The van der Waals surface area contributed by atoms with Crippen LogP contribution in [0.5, 0.6) is 0 Å². The minimum atomic E-state index is -3.74. The number of nitrogens with one attached hydrogen (secondary N) is 1.